The Hall–Kier alpha value is -4.23. The maximum absolute atomic E-state index is 12.9. The van der Waals surface area contributed by atoms with E-state index in [2.05, 4.69) is 33.2 Å². The lowest BCUT2D eigenvalue weighted by Gasteiger charge is -2.25. The molecule has 1 atom stereocenters. The molecule has 2 aliphatic heterocycles. The number of nitrogens with zero attached hydrogens (tertiary/aromatic N) is 3. The number of rotatable bonds is 9. The van der Waals surface area contributed by atoms with Gasteiger partial charge in [-0.05, 0) is 23.8 Å². The van der Waals surface area contributed by atoms with Crippen LogP contribution in [0.3, 0.4) is 0 Å². The van der Waals surface area contributed by atoms with Crippen molar-refractivity contribution in [3.8, 4) is 11.8 Å². The van der Waals surface area contributed by atoms with Crippen molar-refractivity contribution in [1.29, 1.82) is 5.26 Å². The number of amides is 1. The van der Waals surface area contributed by atoms with Crippen molar-refractivity contribution >= 4 is 39.9 Å². The summed E-state index contributed by atoms with van der Waals surface area (Å²) in [7, 11) is 0. The van der Waals surface area contributed by atoms with Gasteiger partial charge in [0.25, 0.3) is 0 Å². The molecule has 0 saturated carbocycles. The summed E-state index contributed by atoms with van der Waals surface area (Å²) in [6.07, 6.45) is 7.33. The van der Waals surface area contributed by atoms with Gasteiger partial charge in [-0.25, -0.2) is 0 Å². The molecule has 5 rings (SSSR count). The molecule has 3 heterocycles. The first-order valence-corrected chi connectivity index (χ1v) is 13.0. The molecular weight excluding hydrogens is 494 g/mol. The Morgan fingerprint density at radius 3 is 2.87 bits per heavy atom. The number of hydrogen-bond donors (Lipinski definition) is 2. The minimum atomic E-state index is -0.271. The molecule has 3 aromatic rings. The van der Waals surface area contributed by atoms with E-state index in [0.717, 1.165) is 30.8 Å². The van der Waals surface area contributed by atoms with Gasteiger partial charge in [-0.3, -0.25) is 14.7 Å². The fraction of sp³-hybridized carbons (Fsp3) is 0.300. The highest BCUT2D eigenvalue weighted by Crippen LogP contribution is 2.37. The highest BCUT2D eigenvalue weighted by atomic mass is 16.5. The lowest BCUT2D eigenvalue weighted by atomic mass is 10.1. The Morgan fingerprint density at radius 1 is 1.23 bits per heavy atom. The lowest BCUT2D eigenvalue weighted by molar-refractivity contribution is -0.111. The molecule has 2 N–H and O–H groups in total. The van der Waals surface area contributed by atoms with Crippen molar-refractivity contribution in [2.75, 3.05) is 56.7 Å². The van der Waals surface area contributed by atoms with E-state index in [-0.39, 0.29) is 12.0 Å². The van der Waals surface area contributed by atoms with Crippen LogP contribution in [0, 0.1) is 11.3 Å². The van der Waals surface area contributed by atoms with Crippen molar-refractivity contribution in [3.63, 3.8) is 0 Å². The van der Waals surface area contributed by atoms with Gasteiger partial charge < -0.3 is 24.8 Å². The number of morpholine rings is 1. The highest BCUT2D eigenvalue weighted by molar-refractivity contribution is 6.04. The normalized spacial score (nSPS) is 17.7. The van der Waals surface area contributed by atoms with Crippen LogP contribution >= 0.6 is 0 Å². The van der Waals surface area contributed by atoms with Gasteiger partial charge in [0.05, 0.1) is 48.9 Å². The van der Waals surface area contributed by atoms with Gasteiger partial charge in [-0.2, -0.15) is 5.26 Å². The first-order chi connectivity index (χ1) is 19.1. The minimum Gasteiger partial charge on any atom is -0.486 e. The molecule has 0 spiro atoms. The summed E-state index contributed by atoms with van der Waals surface area (Å²) < 4.78 is 17.1. The van der Waals surface area contributed by atoms with E-state index in [0.29, 0.717) is 66.6 Å². The van der Waals surface area contributed by atoms with Crippen molar-refractivity contribution in [2.45, 2.75) is 12.5 Å². The summed E-state index contributed by atoms with van der Waals surface area (Å²) in [6, 6.07) is 13.6. The van der Waals surface area contributed by atoms with Crippen LogP contribution in [0.15, 0.2) is 61.3 Å². The first-order valence-electron chi connectivity index (χ1n) is 13.0. The Morgan fingerprint density at radius 2 is 2.10 bits per heavy atom. The second-order valence-corrected chi connectivity index (χ2v) is 9.39. The number of nitrogens with one attached hydrogen (secondary N) is 2. The predicted molar refractivity (Wildman–Crippen MR) is 151 cm³/mol. The number of carbonyl (C=O) groups is 1. The van der Waals surface area contributed by atoms with Crippen LogP contribution in [0.1, 0.15) is 17.5 Å². The molecule has 2 aromatic carbocycles. The lowest BCUT2D eigenvalue weighted by Crippen LogP contribution is -2.36. The zero-order chi connectivity index (χ0) is 27.0. The molecule has 2 aliphatic rings. The Labute approximate surface area is 227 Å². The number of nitriles is 1. The minimum absolute atomic E-state index is 0.118. The second kappa shape index (κ2) is 12.5. The van der Waals surface area contributed by atoms with Crippen LogP contribution in [0.25, 0.3) is 17.0 Å². The van der Waals surface area contributed by atoms with Crippen LogP contribution in [0.2, 0.25) is 0 Å². The average Bonchev–Trinajstić information content (AvgIpc) is 3.47. The molecule has 0 unspecified atom stereocenters. The third-order valence-corrected chi connectivity index (χ3v) is 6.66. The molecule has 9 nitrogen and oxygen atoms in total. The molecular formula is C30H31N5O4. The van der Waals surface area contributed by atoms with Crippen molar-refractivity contribution in [2.24, 2.45) is 0 Å². The monoisotopic (exact) mass is 525 g/mol. The zero-order valence-electron chi connectivity index (χ0n) is 21.7. The van der Waals surface area contributed by atoms with Gasteiger partial charge in [0.15, 0.2) is 0 Å². The van der Waals surface area contributed by atoms with E-state index in [1.165, 1.54) is 12.3 Å². The van der Waals surface area contributed by atoms with Crippen LogP contribution < -0.4 is 15.4 Å². The Balaban J connectivity index is 1.47. The fourth-order valence-electron chi connectivity index (χ4n) is 4.57. The zero-order valence-corrected chi connectivity index (χ0v) is 21.7. The van der Waals surface area contributed by atoms with Crippen molar-refractivity contribution in [1.82, 2.24) is 9.88 Å². The Kier molecular flexibility index (Phi) is 8.48. The van der Waals surface area contributed by atoms with Crippen LogP contribution in [0.5, 0.6) is 5.75 Å². The maximum atomic E-state index is 12.9. The number of fused-ring (bicyclic) bond motifs is 1. The number of carbonyl (C=O) groups excluding carboxylic acids is 1. The largest absolute Gasteiger partial charge is 0.486 e. The molecule has 2 fully saturated rings. The van der Waals surface area contributed by atoms with Gasteiger partial charge in [-0.15, -0.1) is 0 Å². The molecule has 1 aromatic heterocycles. The molecule has 0 radical (unpaired) electrons. The molecule has 39 heavy (non-hydrogen) atoms. The molecule has 200 valence electrons. The van der Waals surface area contributed by atoms with Crippen molar-refractivity contribution in [3.05, 3.63) is 72.5 Å². The van der Waals surface area contributed by atoms with E-state index in [1.54, 1.807) is 12.1 Å². The van der Waals surface area contributed by atoms with Gasteiger partial charge >= 0.3 is 0 Å². The maximum Gasteiger partial charge on any atom is 0.248 e. The number of benzene rings is 2. The van der Waals surface area contributed by atoms with Crippen LogP contribution in [0.4, 0.5) is 17.1 Å². The topological polar surface area (TPSA) is 109 Å². The summed E-state index contributed by atoms with van der Waals surface area (Å²) in [5.41, 5.74) is 3.85. The third kappa shape index (κ3) is 6.62. The number of anilines is 3. The number of ether oxygens (including phenoxy) is 3. The molecule has 0 bridgehead atoms. The van der Waals surface area contributed by atoms with Crippen LogP contribution in [-0.4, -0.2) is 68.0 Å². The summed E-state index contributed by atoms with van der Waals surface area (Å²) >= 11 is 0. The molecule has 0 aliphatic carbocycles. The summed E-state index contributed by atoms with van der Waals surface area (Å²) in [5.74, 6) is 0.234. The van der Waals surface area contributed by atoms with E-state index < -0.39 is 0 Å². The van der Waals surface area contributed by atoms with Gasteiger partial charge in [0.1, 0.15) is 17.9 Å². The standard InChI is InChI=1S/C30H31N5O4/c1-2-21-5-3-6-23(15-21)33-30-22(18-31)19-32-26-17-28(39-24-8-12-38-20-24)27(16-25(26)30)34-29(36)7-4-9-35-10-13-37-14-11-35/h2-7,15-17,19,24H,1,8-14,20H2,(H,32,33)(H,34,36)/b7-4+/t24-/m0/s1. The SMILES string of the molecule is C=Cc1cccc(Nc2c(C#N)cnc3cc(O[C@H]4CCOC4)c(NC(=O)/C=C/CN4CCOCC4)cc23)c1. The van der Waals surface area contributed by atoms with Gasteiger partial charge in [-0.1, -0.05) is 30.9 Å². The number of pyridine rings is 1. The summed E-state index contributed by atoms with van der Waals surface area (Å²) in [5, 5.41) is 16.9. The third-order valence-electron chi connectivity index (χ3n) is 6.66. The van der Waals surface area contributed by atoms with E-state index in [9.17, 15) is 10.1 Å². The fourth-order valence-corrected chi connectivity index (χ4v) is 4.57. The van der Waals surface area contributed by atoms with Gasteiger partial charge in [0.2, 0.25) is 5.91 Å². The van der Waals surface area contributed by atoms with E-state index >= 15 is 0 Å². The van der Waals surface area contributed by atoms with Crippen molar-refractivity contribution < 1.29 is 19.0 Å². The average molecular weight is 526 g/mol. The van der Waals surface area contributed by atoms with Gasteiger partial charge in [0, 0.05) is 55.5 Å². The molecule has 9 heteroatoms. The summed E-state index contributed by atoms with van der Waals surface area (Å²) in [6.45, 7) is 8.72. The summed E-state index contributed by atoms with van der Waals surface area (Å²) in [4.78, 5) is 19.7. The molecule has 2 saturated heterocycles. The smallest absolute Gasteiger partial charge is 0.248 e. The van der Waals surface area contributed by atoms with E-state index in [4.69, 9.17) is 14.2 Å². The number of hydrogen-bond acceptors (Lipinski definition) is 8. The highest BCUT2D eigenvalue weighted by Gasteiger charge is 2.21. The van der Waals surface area contributed by atoms with E-state index in [1.807, 2.05) is 36.4 Å². The second-order valence-electron chi connectivity index (χ2n) is 9.39. The van der Waals surface area contributed by atoms with Crippen LogP contribution in [-0.2, 0) is 14.3 Å². The quantitative estimate of drug-likeness (QED) is 0.394. The molecule has 1 amide bonds. The predicted octanol–water partition coefficient (Wildman–Crippen LogP) is 4.49. The number of aromatic nitrogens is 1. The first kappa shape index (κ1) is 26.4. The Bertz CT molecular complexity index is 1420.